The van der Waals surface area contributed by atoms with E-state index in [1.165, 1.54) is 5.56 Å². The number of hydrogen-bond acceptors (Lipinski definition) is 5. The molecule has 4 N–H and O–H groups in total. The minimum atomic E-state index is -1.37. The van der Waals surface area contributed by atoms with Gasteiger partial charge in [-0.2, -0.15) is 0 Å². The monoisotopic (exact) mass is 540 g/mol. The zero-order valence-electron chi connectivity index (χ0n) is 22.3. The molecule has 206 valence electrons. The van der Waals surface area contributed by atoms with Crippen molar-refractivity contribution in [1.82, 2.24) is 4.90 Å². The highest BCUT2D eigenvalue weighted by molar-refractivity contribution is 6.33. The highest BCUT2D eigenvalue weighted by Crippen LogP contribution is 2.43. The minimum absolute atomic E-state index is 0.0266. The van der Waals surface area contributed by atoms with E-state index >= 15 is 0 Å². The Morgan fingerprint density at radius 2 is 2.05 bits per heavy atom. The SMILES string of the molecule is C=CCCCC[C@@](O)(c1cccc(Cl)c1-c1cccc(CC)c1)[C@H]1CN(C(=O)[C@H]2C[C@@H](N)[C@@H](O)C2)CCO1. The van der Waals surface area contributed by atoms with Gasteiger partial charge in [0.1, 0.15) is 11.7 Å². The standard InChI is InChI=1S/C31H41ClN2O4/c1-3-5-6-7-14-31(37,24-12-9-13-25(32)29(24)22-11-8-10-21(4-2)17-22)28-20-34(15-16-38-28)30(36)23-18-26(33)27(35)19-23/h3,8-13,17,23,26-28,35,37H,1,4-7,14-16,18-20,33H2,2H3/t23-,26+,27-,28+,31+/m0/s1. The van der Waals surface area contributed by atoms with Gasteiger partial charge >= 0.3 is 0 Å². The van der Waals surface area contributed by atoms with Crippen LogP contribution < -0.4 is 5.73 Å². The zero-order valence-corrected chi connectivity index (χ0v) is 23.1. The summed E-state index contributed by atoms with van der Waals surface area (Å²) >= 11 is 6.82. The predicted molar refractivity (Wildman–Crippen MR) is 152 cm³/mol. The Morgan fingerprint density at radius 3 is 2.76 bits per heavy atom. The molecule has 2 aromatic carbocycles. The molecule has 38 heavy (non-hydrogen) atoms. The van der Waals surface area contributed by atoms with E-state index in [2.05, 4.69) is 25.6 Å². The summed E-state index contributed by atoms with van der Waals surface area (Å²) in [4.78, 5) is 15.2. The Hall–Kier alpha value is -2.22. The molecule has 2 aliphatic rings. The van der Waals surface area contributed by atoms with E-state index in [0.29, 0.717) is 37.4 Å². The number of nitrogens with two attached hydrogens (primary N) is 1. The highest BCUT2D eigenvalue weighted by atomic mass is 35.5. The van der Waals surface area contributed by atoms with Crippen molar-refractivity contribution in [3.8, 4) is 11.1 Å². The van der Waals surface area contributed by atoms with Gasteiger partial charge in [0, 0.05) is 29.1 Å². The van der Waals surface area contributed by atoms with Crippen LogP contribution in [0.4, 0.5) is 0 Å². The van der Waals surface area contributed by atoms with E-state index in [1.807, 2.05) is 36.4 Å². The number of allylic oxidation sites excluding steroid dienone is 1. The summed E-state index contributed by atoms with van der Waals surface area (Å²) < 4.78 is 6.23. The minimum Gasteiger partial charge on any atom is -0.391 e. The number of aryl methyl sites for hydroxylation is 1. The third kappa shape index (κ3) is 6.16. The fourth-order valence-electron chi connectivity index (χ4n) is 5.92. The number of amides is 1. The van der Waals surface area contributed by atoms with Crippen LogP contribution in [0.25, 0.3) is 11.1 Å². The van der Waals surface area contributed by atoms with Gasteiger partial charge < -0.3 is 25.6 Å². The molecule has 1 aliphatic carbocycles. The van der Waals surface area contributed by atoms with Gasteiger partial charge in [-0.3, -0.25) is 4.79 Å². The van der Waals surface area contributed by atoms with Crippen molar-refractivity contribution in [1.29, 1.82) is 0 Å². The summed E-state index contributed by atoms with van der Waals surface area (Å²) in [6, 6.07) is 13.5. The molecule has 1 aliphatic heterocycles. The van der Waals surface area contributed by atoms with Gasteiger partial charge in [0.05, 0.1) is 19.3 Å². The van der Waals surface area contributed by atoms with Crippen molar-refractivity contribution in [2.45, 2.75) is 75.7 Å². The summed E-state index contributed by atoms with van der Waals surface area (Å²) in [7, 11) is 0. The maximum Gasteiger partial charge on any atom is 0.226 e. The quantitative estimate of drug-likeness (QED) is 0.296. The van der Waals surface area contributed by atoms with Crippen LogP contribution in [0.5, 0.6) is 0 Å². The number of hydrogen-bond donors (Lipinski definition) is 3. The van der Waals surface area contributed by atoms with E-state index in [4.69, 9.17) is 22.1 Å². The molecule has 1 saturated heterocycles. The topological polar surface area (TPSA) is 96.0 Å². The van der Waals surface area contributed by atoms with Crippen LogP contribution in [0.2, 0.25) is 5.02 Å². The van der Waals surface area contributed by atoms with Crippen LogP contribution in [-0.4, -0.2) is 59.0 Å². The number of nitrogens with zero attached hydrogens (tertiary/aromatic N) is 1. The van der Waals surface area contributed by atoms with Crippen LogP contribution in [0, 0.1) is 5.92 Å². The number of aliphatic hydroxyl groups is 2. The second-order valence-corrected chi connectivity index (χ2v) is 11.1. The van der Waals surface area contributed by atoms with E-state index in [9.17, 15) is 15.0 Å². The van der Waals surface area contributed by atoms with Crippen molar-refractivity contribution in [3.63, 3.8) is 0 Å². The molecule has 1 heterocycles. The highest BCUT2D eigenvalue weighted by Gasteiger charge is 2.45. The first-order valence-corrected chi connectivity index (χ1v) is 14.2. The lowest BCUT2D eigenvalue weighted by atomic mass is 9.78. The zero-order chi connectivity index (χ0) is 27.3. The second-order valence-electron chi connectivity index (χ2n) is 10.7. The number of rotatable bonds is 10. The Morgan fingerprint density at radius 1 is 1.26 bits per heavy atom. The van der Waals surface area contributed by atoms with Crippen molar-refractivity contribution in [2.24, 2.45) is 11.7 Å². The van der Waals surface area contributed by atoms with Crippen molar-refractivity contribution >= 4 is 17.5 Å². The Balaban J connectivity index is 1.69. The van der Waals surface area contributed by atoms with Gasteiger partial charge in [-0.1, -0.05) is 61.0 Å². The lowest BCUT2D eigenvalue weighted by Crippen LogP contribution is -2.55. The number of aliphatic hydroxyl groups excluding tert-OH is 1. The normalized spacial score (nSPS) is 25.2. The van der Waals surface area contributed by atoms with E-state index < -0.39 is 17.8 Å². The molecule has 2 aromatic rings. The van der Waals surface area contributed by atoms with Gasteiger partial charge in [-0.15, -0.1) is 6.58 Å². The molecule has 0 bridgehead atoms. The Labute approximate surface area is 231 Å². The number of halogens is 1. The van der Waals surface area contributed by atoms with E-state index in [0.717, 1.165) is 42.4 Å². The molecule has 4 rings (SSSR count). The number of carbonyl (C=O) groups is 1. The lowest BCUT2D eigenvalue weighted by molar-refractivity contribution is -0.167. The van der Waals surface area contributed by atoms with Crippen LogP contribution in [0.1, 0.15) is 56.6 Å². The molecule has 0 aromatic heterocycles. The van der Waals surface area contributed by atoms with Crippen molar-refractivity contribution in [2.75, 3.05) is 19.7 Å². The first kappa shape index (κ1) is 28.8. The molecule has 1 amide bonds. The van der Waals surface area contributed by atoms with Crippen molar-refractivity contribution in [3.05, 3.63) is 71.3 Å². The molecule has 0 spiro atoms. The average molecular weight is 541 g/mol. The molecule has 2 fully saturated rings. The van der Waals surface area contributed by atoms with E-state index in [1.54, 1.807) is 4.90 Å². The molecule has 0 unspecified atom stereocenters. The predicted octanol–water partition coefficient (Wildman–Crippen LogP) is 4.83. The Kier molecular flexibility index (Phi) is 9.66. The smallest absolute Gasteiger partial charge is 0.226 e. The van der Waals surface area contributed by atoms with Crippen LogP contribution in [0.3, 0.4) is 0 Å². The molecule has 5 atom stereocenters. The van der Waals surface area contributed by atoms with Crippen LogP contribution in [-0.2, 0) is 21.6 Å². The summed E-state index contributed by atoms with van der Waals surface area (Å²) in [5.41, 5.74) is 8.28. The fourth-order valence-corrected chi connectivity index (χ4v) is 6.21. The van der Waals surface area contributed by atoms with Gasteiger partial charge in [0.2, 0.25) is 5.91 Å². The summed E-state index contributed by atoms with van der Waals surface area (Å²) in [6.45, 7) is 6.98. The molecular weight excluding hydrogens is 500 g/mol. The molecule has 6 nitrogen and oxygen atoms in total. The van der Waals surface area contributed by atoms with E-state index in [-0.39, 0.29) is 24.4 Å². The van der Waals surface area contributed by atoms with Crippen LogP contribution in [0.15, 0.2) is 55.1 Å². The second kappa shape index (κ2) is 12.8. The van der Waals surface area contributed by atoms with Gasteiger partial charge in [-0.05, 0) is 67.7 Å². The number of unbranched alkanes of at least 4 members (excludes halogenated alkanes) is 2. The maximum absolute atomic E-state index is 13.4. The van der Waals surface area contributed by atoms with Gasteiger partial charge in [-0.25, -0.2) is 0 Å². The number of benzene rings is 2. The summed E-state index contributed by atoms with van der Waals surface area (Å²) in [5.74, 6) is -0.334. The van der Waals surface area contributed by atoms with Gasteiger partial charge in [0.15, 0.2) is 0 Å². The summed E-state index contributed by atoms with van der Waals surface area (Å²) in [5, 5.41) is 23.2. The Bertz CT molecular complexity index is 1110. The number of ether oxygens (including phenoxy) is 1. The number of morpholine rings is 1. The first-order valence-electron chi connectivity index (χ1n) is 13.8. The van der Waals surface area contributed by atoms with Crippen molar-refractivity contribution < 1.29 is 19.7 Å². The third-order valence-electron chi connectivity index (χ3n) is 8.16. The fraction of sp³-hybridized carbons (Fsp3) is 0.516. The molecule has 0 radical (unpaired) electrons. The maximum atomic E-state index is 13.4. The average Bonchev–Trinajstić information content (AvgIpc) is 3.28. The molecule has 1 saturated carbocycles. The largest absolute Gasteiger partial charge is 0.391 e. The van der Waals surface area contributed by atoms with Crippen LogP contribution >= 0.6 is 11.6 Å². The summed E-state index contributed by atoms with van der Waals surface area (Å²) in [6.07, 6.45) is 5.31. The lowest BCUT2D eigenvalue weighted by Gasteiger charge is -2.44. The molecular formula is C31H41ClN2O4. The van der Waals surface area contributed by atoms with Gasteiger partial charge in [0.25, 0.3) is 0 Å². The molecule has 7 heteroatoms. The number of carbonyl (C=O) groups excluding carboxylic acids is 1. The first-order chi connectivity index (χ1) is 18.3. The third-order valence-corrected chi connectivity index (χ3v) is 8.47.